The Morgan fingerprint density at radius 3 is 2.10 bits per heavy atom. The van der Waals surface area contributed by atoms with Crippen LogP contribution in [0.5, 0.6) is 0 Å². The van der Waals surface area contributed by atoms with E-state index in [0.29, 0.717) is 5.56 Å². The van der Waals surface area contributed by atoms with E-state index in [0.717, 1.165) is 11.8 Å². The van der Waals surface area contributed by atoms with Gasteiger partial charge in [0.2, 0.25) is 0 Å². The third-order valence-electron chi connectivity index (χ3n) is 2.81. The van der Waals surface area contributed by atoms with Crippen molar-refractivity contribution in [3.8, 4) is 11.1 Å². The van der Waals surface area contributed by atoms with Gasteiger partial charge in [-0.3, -0.25) is 0 Å². The Kier molecular flexibility index (Phi) is 3.83. The Morgan fingerprint density at radius 2 is 1.60 bits per heavy atom. The summed E-state index contributed by atoms with van der Waals surface area (Å²) in [5.74, 6) is -1.11. The molecule has 2 rings (SSSR count). The molecular weight excluding hydrogens is 300 g/mol. The molecule has 0 unspecified atom stereocenters. The van der Waals surface area contributed by atoms with E-state index in [4.69, 9.17) is 16.7 Å². The molecule has 0 fully saturated rings. The molecule has 0 spiro atoms. The van der Waals surface area contributed by atoms with Crippen LogP contribution in [0.3, 0.4) is 0 Å². The summed E-state index contributed by atoms with van der Waals surface area (Å²) < 4.78 is 22.7. The summed E-state index contributed by atoms with van der Waals surface area (Å²) in [5, 5.41) is 9.19. The van der Waals surface area contributed by atoms with Crippen molar-refractivity contribution in [2.45, 2.75) is 4.90 Å². The number of aromatic carboxylic acids is 1. The van der Waals surface area contributed by atoms with Gasteiger partial charge in [-0.15, -0.1) is 0 Å². The maximum Gasteiger partial charge on any atom is 0.337 e. The highest BCUT2D eigenvalue weighted by Crippen LogP contribution is 2.26. The van der Waals surface area contributed by atoms with Gasteiger partial charge in [0.05, 0.1) is 15.5 Å². The van der Waals surface area contributed by atoms with Crippen molar-refractivity contribution in [2.24, 2.45) is 0 Å². The summed E-state index contributed by atoms with van der Waals surface area (Å²) >= 11 is 5.80. The molecule has 6 heteroatoms. The normalized spacial score (nSPS) is 11.3. The summed E-state index contributed by atoms with van der Waals surface area (Å²) in [4.78, 5) is 11.2. The fraction of sp³-hybridized carbons (Fsp3) is 0.0714. The molecule has 0 atom stereocenters. The van der Waals surface area contributed by atoms with Gasteiger partial charge in [-0.25, -0.2) is 13.2 Å². The minimum absolute atomic E-state index is 0.0105. The summed E-state index contributed by atoms with van der Waals surface area (Å²) in [6, 6.07) is 10.9. The second-order valence-electron chi connectivity index (χ2n) is 4.30. The molecule has 0 aromatic heterocycles. The van der Waals surface area contributed by atoms with Crippen LogP contribution in [0.25, 0.3) is 11.1 Å². The lowest BCUT2D eigenvalue weighted by Crippen LogP contribution is -1.98. The van der Waals surface area contributed by atoms with E-state index in [1.165, 1.54) is 24.3 Å². The molecule has 0 radical (unpaired) electrons. The van der Waals surface area contributed by atoms with E-state index in [2.05, 4.69) is 0 Å². The average Bonchev–Trinajstić information content (AvgIpc) is 2.38. The van der Waals surface area contributed by atoms with Crippen molar-refractivity contribution in [2.75, 3.05) is 6.26 Å². The van der Waals surface area contributed by atoms with Gasteiger partial charge in [0, 0.05) is 6.26 Å². The number of rotatable bonds is 3. The Balaban J connectivity index is 2.47. The van der Waals surface area contributed by atoms with E-state index >= 15 is 0 Å². The van der Waals surface area contributed by atoms with Crippen LogP contribution in [0.2, 0.25) is 5.02 Å². The largest absolute Gasteiger partial charge is 0.478 e. The molecule has 0 saturated heterocycles. The molecule has 0 saturated carbocycles. The van der Waals surface area contributed by atoms with Gasteiger partial charge in [0.1, 0.15) is 0 Å². The number of carbonyl (C=O) groups is 1. The second-order valence-corrected chi connectivity index (χ2v) is 6.72. The van der Waals surface area contributed by atoms with E-state index in [1.807, 2.05) is 0 Å². The lowest BCUT2D eigenvalue weighted by molar-refractivity contribution is 0.0697. The fourth-order valence-corrected chi connectivity index (χ4v) is 2.59. The molecule has 1 N–H and O–H groups in total. The Hall–Kier alpha value is -1.85. The van der Waals surface area contributed by atoms with Crippen molar-refractivity contribution in [3.05, 3.63) is 53.1 Å². The third-order valence-corrected chi connectivity index (χ3v) is 4.27. The van der Waals surface area contributed by atoms with Gasteiger partial charge in [0.15, 0.2) is 9.84 Å². The van der Waals surface area contributed by atoms with Gasteiger partial charge >= 0.3 is 5.97 Å². The van der Waals surface area contributed by atoms with Crippen LogP contribution in [0, 0.1) is 0 Å². The van der Waals surface area contributed by atoms with Crippen molar-refractivity contribution in [1.82, 2.24) is 0 Å². The number of hydrogen-bond donors (Lipinski definition) is 1. The van der Waals surface area contributed by atoms with E-state index in [-0.39, 0.29) is 15.5 Å². The zero-order valence-corrected chi connectivity index (χ0v) is 12.1. The van der Waals surface area contributed by atoms with Crippen LogP contribution < -0.4 is 0 Å². The number of benzene rings is 2. The van der Waals surface area contributed by atoms with E-state index in [9.17, 15) is 13.2 Å². The molecule has 2 aromatic carbocycles. The molecule has 0 aliphatic rings. The maximum atomic E-state index is 11.4. The first kappa shape index (κ1) is 14.6. The summed E-state index contributed by atoms with van der Waals surface area (Å²) in [6.07, 6.45) is 1.13. The van der Waals surface area contributed by atoms with Crippen LogP contribution in [0.4, 0.5) is 0 Å². The Bertz CT molecular complexity index is 764. The quantitative estimate of drug-likeness (QED) is 0.945. The molecule has 0 bridgehead atoms. The smallest absolute Gasteiger partial charge is 0.337 e. The first-order valence-electron chi connectivity index (χ1n) is 5.62. The van der Waals surface area contributed by atoms with Crippen LogP contribution in [-0.4, -0.2) is 25.7 Å². The molecule has 0 aliphatic carbocycles. The van der Waals surface area contributed by atoms with Gasteiger partial charge in [0.25, 0.3) is 0 Å². The van der Waals surface area contributed by atoms with Crippen LogP contribution in [0.1, 0.15) is 10.4 Å². The van der Waals surface area contributed by atoms with E-state index in [1.54, 1.807) is 18.2 Å². The standard InChI is InChI=1S/C14H11ClO4S/c1-20(18,19)11-5-2-9(3-6-11)10-4-7-13(15)12(8-10)14(16)17/h2-8H,1H3,(H,16,17). The molecule has 2 aromatic rings. The van der Waals surface area contributed by atoms with Gasteiger partial charge < -0.3 is 5.11 Å². The van der Waals surface area contributed by atoms with Gasteiger partial charge in [-0.05, 0) is 35.4 Å². The topological polar surface area (TPSA) is 71.4 Å². The number of sulfone groups is 1. The molecule has 0 aliphatic heterocycles. The van der Waals surface area contributed by atoms with Crippen molar-refractivity contribution >= 4 is 27.4 Å². The van der Waals surface area contributed by atoms with Crippen molar-refractivity contribution < 1.29 is 18.3 Å². The number of hydrogen-bond acceptors (Lipinski definition) is 3. The zero-order chi connectivity index (χ0) is 14.9. The van der Waals surface area contributed by atoms with E-state index < -0.39 is 15.8 Å². The highest BCUT2D eigenvalue weighted by Gasteiger charge is 2.11. The Labute approximate surface area is 121 Å². The molecule has 104 valence electrons. The fourth-order valence-electron chi connectivity index (χ4n) is 1.76. The highest BCUT2D eigenvalue weighted by atomic mass is 35.5. The van der Waals surface area contributed by atoms with Crippen molar-refractivity contribution in [1.29, 1.82) is 0 Å². The van der Waals surface area contributed by atoms with Gasteiger partial charge in [-0.1, -0.05) is 29.8 Å². The number of halogens is 1. The first-order chi connectivity index (χ1) is 9.29. The SMILES string of the molecule is CS(=O)(=O)c1ccc(-c2ccc(Cl)c(C(=O)O)c2)cc1. The summed E-state index contributed by atoms with van der Waals surface area (Å²) in [5.41, 5.74) is 1.39. The van der Waals surface area contributed by atoms with Gasteiger partial charge in [-0.2, -0.15) is 0 Å². The van der Waals surface area contributed by atoms with Crippen LogP contribution in [-0.2, 0) is 9.84 Å². The number of carboxylic acid groups (broad SMARTS) is 1. The molecule has 0 heterocycles. The predicted molar refractivity (Wildman–Crippen MR) is 77.0 cm³/mol. The van der Waals surface area contributed by atoms with Crippen LogP contribution in [0.15, 0.2) is 47.4 Å². The zero-order valence-electron chi connectivity index (χ0n) is 10.5. The Morgan fingerprint density at radius 1 is 1.05 bits per heavy atom. The molecule has 20 heavy (non-hydrogen) atoms. The second kappa shape index (κ2) is 5.26. The maximum absolute atomic E-state index is 11.4. The molecule has 4 nitrogen and oxygen atoms in total. The monoisotopic (exact) mass is 310 g/mol. The average molecular weight is 311 g/mol. The summed E-state index contributed by atoms with van der Waals surface area (Å²) in [7, 11) is -3.25. The summed E-state index contributed by atoms with van der Waals surface area (Å²) in [6.45, 7) is 0. The minimum atomic E-state index is -3.25. The minimum Gasteiger partial charge on any atom is -0.478 e. The molecule has 0 amide bonds. The third kappa shape index (κ3) is 3.00. The van der Waals surface area contributed by atoms with Crippen molar-refractivity contribution in [3.63, 3.8) is 0 Å². The molecular formula is C14H11ClO4S. The highest BCUT2D eigenvalue weighted by molar-refractivity contribution is 7.90. The first-order valence-corrected chi connectivity index (χ1v) is 7.89. The predicted octanol–water partition coefficient (Wildman–Crippen LogP) is 3.11. The lowest BCUT2D eigenvalue weighted by Gasteiger charge is -2.06. The number of carboxylic acids is 1. The van der Waals surface area contributed by atoms with Crippen LogP contribution >= 0.6 is 11.6 Å². The lowest BCUT2D eigenvalue weighted by atomic mass is 10.0.